The molecule has 41 heavy (non-hydrogen) atoms. The Bertz CT molecular complexity index is 1280. The Hall–Kier alpha value is -3.58. The number of fused-ring (bicyclic) bond motifs is 2. The van der Waals surface area contributed by atoms with Crippen molar-refractivity contribution in [2.24, 2.45) is 0 Å². The standard InChI is InChI=1S/C29H35NO11/c1-15(31)30-24-26(36-14-23(32)33)25-22(13-37-27(40-25)16-7-9-19(34-4)21(10-16)35-5)39-28(24)38-18-8-6-17-12-29(2,3)41-20(17)11-18/h6-11,22,24-28H,12-14H2,1-5H3,(H,30,31)(H,32,33). The van der Waals surface area contributed by atoms with Crippen LogP contribution in [0.15, 0.2) is 36.4 Å². The van der Waals surface area contributed by atoms with E-state index in [1.54, 1.807) is 30.3 Å². The lowest BCUT2D eigenvalue weighted by molar-refractivity contribution is -0.337. The third kappa shape index (κ3) is 6.35. The Kier molecular flexibility index (Phi) is 8.28. The molecule has 0 spiro atoms. The molecule has 0 bridgehead atoms. The van der Waals surface area contributed by atoms with Gasteiger partial charge in [0.1, 0.15) is 48.1 Å². The number of carboxylic acid groups (broad SMARTS) is 1. The van der Waals surface area contributed by atoms with E-state index in [4.69, 9.17) is 37.9 Å². The fraction of sp³-hybridized carbons (Fsp3) is 0.517. The predicted molar refractivity (Wildman–Crippen MR) is 142 cm³/mol. The van der Waals surface area contributed by atoms with Crippen LogP contribution in [-0.4, -0.2) is 80.7 Å². The molecule has 2 N–H and O–H groups in total. The van der Waals surface area contributed by atoms with Crippen molar-refractivity contribution in [2.45, 2.75) is 69.7 Å². The maximum Gasteiger partial charge on any atom is 0.329 e. The van der Waals surface area contributed by atoms with Gasteiger partial charge in [0.15, 0.2) is 17.8 Å². The highest BCUT2D eigenvalue weighted by molar-refractivity contribution is 5.73. The van der Waals surface area contributed by atoms with Crippen LogP contribution in [0.4, 0.5) is 0 Å². The normalized spacial score (nSPS) is 28.0. The molecule has 6 unspecified atom stereocenters. The van der Waals surface area contributed by atoms with E-state index >= 15 is 0 Å². The maximum atomic E-state index is 12.3. The summed E-state index contributed by atoms with van der Waals surface area (Å²) in [7, 11) is 3.06. The second-order valence-electron chi connectivity index (χ2n) is 10.7. The second-order valence-corrected chi connectivity index (χ2v) is 10.7. The van der Waals surface area contributed by atoms with Crippen LogP contribution in [0.5, 0.6) is 23.0 Å². The van der Waals surface area contributed by atoms with E-state index in [1.807, 2.05) is 19.9 Å². The zero-order valence-corrected chi connectivity index (χ0v) is 23.6. The minimum atomic E-state index is -1.17. The molecule has 222 valence electrons. The summed E-state index contributed by atoms with van der Waals surface area (Å²) in [5, 5.41) is 12.2. The molecular weight excluding hydrogens is 538 g/mol. The van der Waals surface area contributed by atoms with Gasteiger partial charge in [0, 0.05) is 25.0 Å². The van der Waals surface area contributed by atoms with Crippen LogP contribution in [0, 0.1) is 0 Å². The number of methoxy groups -OCH3 is 2. The molecule has 5 rings (SSSR count). The molecule has 3 aliphatic heterocycles. The summed E-state index contributed by atoms with van der Waals surface area (Å²) in [6.45, 7) is 4.83. The molecule has 1 amide bonds. The Morgan fingerprint density at radius 2 is 1.85 bits per heavy atom. The first-order valence-corrected chi connectivity index (χ1v) is 13.3. The molecule has 0 saturated carbocycles. The third-order valence-electron chi connectivity index (χ3n) is 7.08. The molecule has 6 atom stereocenters. The summed E-state index contributed by atoms with van der Waals surface area (Å²) in [5.41, 5.74) is 1.38. The van der Waals surface area contributed by atoms with E-state index < -0.39 is 49.5 Å². The molecule has 0 aliphatic carbocycles. The molecule has 3 heterocycles. The number of aliphatic carboxylic acids is 1. The van der Waals surface area contributed by atoms with Gasteiger partial charge in [-0.25, -0.2) is 4.79 Å². The summed E-state index contributed by atoms with van der Waals surface area (Å²) >= 11 is 0. The smallest absolute Gasteiger partial charge is 0.329 e. The van der Waals surface area contributed by atoms with Crippen LogP contribution in [0.25, 0.3) is 0 Å². The molecule has 2 aromatic rings. The van der Waals surface area contributed by atoms with Crippen molar-refractivity contribution in [2.75, 3.05) is 27.4 Å². The minimum Gasteiger partial charge on any atom is -0.493 e. The van der Waals surface area contributed by atoms with Crippen LogP contribution in [0.1, 0.15) is 38.2 Å². The van der Waals surface area contributed by atoms with Crippen LogP contribution >= 0.6 is 0 Å². The first-order valence-electron chi connectivity index (χ1n) is 13.3. The van der Waals surface area contributed by atoms with Gasteiger partial charge in [0.2, 0.25) is 12.2 Å². The highest BCUT2D eigenvalue weighted by Gasteiger charge is 2.52. The average Bonchev–Trinajstić information content (AvgIpc) is 3.24. The van der Waals surface area contributed by atoms with Gasteiger partial charge in [-0.05, 0) is 37.6 Å². The van der Waals surface area contributed by atoms with E-state index in [2.05, 4.69) is 5.32 Å². The van der Waals surface area contributed by atoms with Crippen molar-refractivity contribution >= 4 is 11.9 Å². The van der Waals surface area contributed by atoms with E-state index in [1.165, 1.54) is 21.1 Å². The number of carbonyl (C=O) groups excluding carboxylic acids is 1. The highest BCUT2D eigenvalue weighted by atomic mass is 16.8. The molecular formula is C29H35NO11. The third-order valence-corrected chi connectivity index (χ3v) is 7.08. The van der Waals surface area contributed by atoms with E-state index in [0.717, 1.165) is 12.0 Å². The lowest BCUT2D eigenvalue weighted by atomic mass is 9.95. The minimum absolute atomic E-state index is 0.0880. The molecule has 0 radical (unpaired) electrons. The number of rotatable bonds is 9. The van der Waals surface area contributed by atoms with Gasteiger partial charge in [0.05, 0.1) is 20.8 Å². The van der Waals surface area contributed by atoms with E-state index in [0.29, 0.717) is 28.6 Å². The SMILES string of the molecule is COc1ccc(C2OCC3OC(Oc4ccc5c(c4)OC(C)(C)C5)C(NC(C)=O)C(OCC(=O)O)C3O2)cc1OC. The van der Waals surface area contributed by atoms with Gasteiger partial charge in [-0.15, -0.1) is 0 Å². The maximum absolute atomic E-state index is 12.3. The van der Waals surface area contributed by atoms with Gasteiger partial charge in [-0.1, -0.05) is 12.1 Å². The number of hydrogen-bond acceptors (Lipinski definition) is 10. The van der Waals surface area contributed by atoms with E-state index in [-0.39, 0.29) is 18.1 Å². The van der Waals surface area contributed by atoms with Crippen molar-refractivity contribution < 1.29 is 52.6 Å². The molecule has 12 nitrogen and oxygen atoms in total. The fourth-order valence-electron chi connectivity index (χ4n) is 5.37. The highest BCUT2D eigenvalue weighted by Crippen LogP contribution is 2.40. The number of ether oxygens (including phenoxy) is 8. The lowest BCUT2D eigenvalue weighted by Crippen LogP contribution is -2.68. The molecule has 2 saturated heterocycles. The Morgan fingerprint density at radius 1 is 1.07 bits per heavy atom. The van der Waals surface area contributed by atoms with Gasteiger partial charge >= 0.3 is 5.97 Å². The molecule has 2 fully saturated rings. The topological polar surface area (TPSA) is 140 Å². The van der Waals surface area contributed by atoms with Gasteiger partial charge in [-0.3, -0.25) is 4.79 Å². The van der Waals surface area contributed by atoms with Crippen molar-refractivity contribution in [1.29, 1.82) is 0 Å². The second kappa shape index (κ2) is 11.7. The number of nitrogens with one attached hydrogen (secondary N) is 1. The zero-order chi connectivity index (χ0) is 29.3. The van der Waals surface area contributed by atoms with Gasteiger partial charge in [-0.2, -0.15) is 0 Å². The summed E-state index contributed by atoms with van der Waals surface area (Å²) < 4.78 is 47.4. The number of carboxylic acids is 1. The van der Waals surface area contributed by atoms with Crippen molar-refractivity contribution in [3.05, 3.63) is 47.5 Å². The zero-order valence-electron chi connectivity index (χ0n) is 23.6. The molecule has 3 aliphatic rings. The Balaban J connectivity index is 1.41. The van der Waals surface area contributed by atoms with Crippen molar-refractivity contribution in [3.63, 3.8) is 0 Å². The largest absolute Gasteiger partial charge is 0.493 e. The number of hydrogen-bond donors (Lipinski definition) is 2. The van der Waals surface area contributed by atoms with Crippen LogP contribution < -0.4 is 24.3 Å². The number of amides is 1. The van der Waals surface area contributed by atoms with Gasteiger partial charge < -0.3 is 48.3 Å². The van der Waals surface area contributed by atoms with Gasteiger partial charge in [0.25, 0.3) is 0 Å². The summed E-state index contributed by atoms with van der Waals surface area (Å²) in [5.74, 6) is 0.645. The van der Waals surface area contributed by atoms with Crippen LogP contribution in [-0.2, 0) is 35.0 Å². The van der Waals surface area contributed by atoms with Crippen LogP contribution in [0.3, 0.4) is 0 Å². The Morgan fingerprint density at radius 3 is 2.56 bits per heavy atom. The van der Waals surface area contributed by atoms with Crippen molar-refractivity contribution in [3.8, 4) is 23.0 Å². The number of carbonyl (C=O) groups is 2. The molecule has 2 aromatic carbocycles. The van der Waals surface area contributed by atoms with Crippen LogP contribution in [0.2, 0.25) is 0 Å². The first-order chi connectivity index (χ1) is 19.6. The Labute approximate surface area is 237 Å². The van der Waals surface area contributed by atoms with Crippen molar-refractivity contribution in [1.82, 2.24) is 5.32 Å². The lowest BCUT2D eigenvalue weighted by Gasteiger charge is -2.49. The number of benzene rings is 2. The summed E-state index contributed by atoms with van der Waals surface area (Å²) in [6.07, 6.45) is -3.57. The molecule has 12 heteroatoms. The molecule has 0 aromatic heterocycles. The fourth-order valence-corrected chi connectivity index (χ4v) is 5.37. The monoisotopic (exact) mass is 573 g/mol. The first kappa shape index (κ1) is 28.9. The average molecular weight is 574 g/mol. The quantitative estimate of drug-likeness (QED) is 0.457. The van der Waals surface area contributed by atoms with E-state index in [9.17, 15) is 14.7 Å². The summed E-state index contributed by atoms with van der Waals surface area (Å²) in [6, 6.07) is 9.83. The predicted octanol–water partition coefficient (Wildman–Crippen LogP) is 2.61. The summed E-state index contributed by atoms with van der Waals surface area (Å²) in [4.78, 5) is 23.8.